The lowest BCUT2D eigenvalue weighted by atomic mass is 10.0. The van der Waals surface area contributed by atoms with E-state index in [0.29, 0.717) is 10.7 Å². The van der Waals surface area contributed by atoms with E-state index in [2.05, 4.69) is 10.3 Å². The lowest BCUT2D eigenvalue weighted by Gasteiger charge is -2.23. The van der Waals surface area contributed by atoms with Crippen LogP contribution in [-0.4, -0.2) is 35.9 Å². The second-order valence-corrected chi connectivity index (χ2v) is 5.40. The van der Waals surface area contributed by atoms with Gasteiger partial charge in [-0.05, 0) is 29.8 Å². The highest BCUT2D eigenvalue weighted by atomic mass is 35.5. The molecule has 2 rings (SSSR count). The van der Waals surface area contributed by atoms with Crippen LogP contribution in [0.25, 0.3) is 0 Å². The average Bonchev–Trinajstić information content (AvgIpc) is 2.52. The van der Waals surface area contributed by atoms with Gasteiger partial charge in [0.25, 0.3) is 6.43 Å². The summed E-state index contributed by atoms with van der Waals surface area (Å²) in [7, 11) is 1.31. The molecular weight excluding hydrogens is 324 g/mol. The standard InChI is InChI=1S/C16H16ClF2N3O/c1-22(10-14(18)19)16(23)21-15(13-7-2-3-8-20-13)11-5-4-6-12(17)9-11/h2-9,14-15H,10H2,1H3,(H,21,23). The van der Waals surface area contributed by atoms with E-state index in [9.17, 15) is 13.6 Å². The zero-order chi connectivity index (χ0) is 16.8. The summed E-state index contributed by atoms with van der Waals surface area (Å²) in [5.74, 6) is 0. The summed E-state index contributed by atoms with van der Waals surface area (Å²) >= 11 is 6.00. The molecule has 1 N–H and O–H groups in total. The molecular formula is C16H16ClF2N3O. The number of benzene rings is 1. The SMILES string of the molecule is CN(CC(F)F)C(=O)NC(c1cccc(Cl)c1)c1ccccn1. The van der Waals surface area contributed by atoms with Crippen molar-refractivity contribution < 1.29 is 13.6 Å². The fourth-order valence-electron chi connectivity index (χ4n) is 2.08. The summed E-state index contributed by atoms with van der Waals surface area (Å²) in [5, 5.41) is 3.23. The Morgan fingerprint density at radius 3 is 2.70 bits per heavy atom. The molecule has 1 unspecified atom stereocenters. The van der Waals surface area contributed by atoms with Crippen molar-refractivity contribution in [3.63, 3.8) is 0 Å². The molecule has 0 bridgehead atoms. The lowest BCUT2D eigenvalue weighted by molar-refractivity contribution is 0.107. The Bertz CT molecular complexity index is 655. The van der Waals surface area contributed by atoms with Gasteiger partial charge in [0.05, 0.1) is 18.3 Å². The number of pyridine rings is 1. The van der Waals surface area contributed by atoms with Gasteiger partial charge < -0.3 is 10.2 Å². The molecule has 0 saturated heterocycles. The first-order valence-corrected chi connectivity index (χ1v) is 7.31. The maximum absolute atomic E-state index is 12.4. The molecule has 1 atom stereocenters. The Labute approximate surface area is 138 Å². The predicted octanol–water partition coefficient (Wildman–Crippen LogP) is 3.73. The minimum atomic E-state index is -2.59. The zero-order valence-corrected chi connectivity index (χ0v) is 13.2. The Morgan fingerprint density at radius 2 is 2.09 bits per heavy atom. The molecule has 122 valence electrons. The van der Waals surface area contributed by atoms with Gasteiger partial charge in [-0.2, -0.15) is 0 Å². The monoisotopic (exact) mass is 339 g/mol. The number of halogens is 3. The van der Waals surface area contributed by atoms with E-state index < -0.39 is 25.0 Å². The molecule has 2 amide bonds. The quantitative estimate of drug-likeness (QED) is 0.902. The van der Waals surface area contributed by atoms with Crippen molar-refractivity contribution in [2.75, 3.05) is 13.6 Å². The minimum absolute atomic E-state index is 0.513. The van der Waals surface area contributed by atoms with Crippen LogP contribution in [0.4, 0.5) is 13.6 Å². The van der Waals surface area contributed by atoms with Crippen LogP contribution in [-0.2, 0) is 0 Å². The summed E-state index contributed by atoms with van der Waals surface area (Å²) in [6, 6.07) is 11.1. The van der Waals surface area contributed by atoms with Crippen molar-refractivity contribution in [3.8, 4) is 0 Å². The summed E-state index contributed by atoms with van der Waals surface area (Å²) in [6.45, 7) is -0.643. The molecule has 0 radical (unpaired) electrons. The van der Waals surface area contributed by atoms with Crippen LogP contribution in [0, 0.1) is 0 Å². The van der Waals surface area contributed by atoms with Crippen LogP contribution in [0.2, 0.25) is 5.02 Å². The van der Waals surface area contributed by atoms with Crippen molar-refractivity contribution in [2.45, 2.75) is 12.5 Å². The van der Waals surface area contributed by atoms with Gasteiger partial charge in [0.15, 0.2) is 0 Å². The van der Waals surface area contributed by atoms with E-state index in [1.165, 1.54) is 7.05 Å². The third kappa shape index (κ3) is 4.89. The number of rotatable bonds is 5. The number of nitrogens with one attached hydrogen (secondary N) is 1. The highest BCUT2D eigenvalue weighted by Crippen LogP contribution is 2.23. The van der Waals surface area contributed by atoms with E-state index in [-0.39, 0.29) is 0 Å². The summed E-state index contributed by atoms with van der Waals surface area (Å²) in [5.41, 5.74) is 1.31. The number of hydrogen-bond donors (Lipinski definition) is 1. The number of carbonyl (C=O) groups excluding carboxylic acids is 1. The van der Waals surface area contributed by atoms with Crippen LogP contribution in [0.15, 0.2) is 48.7 Å². The van der Waals surface area contributed by atoms with Gasteiger partial charge in [0.2, 0.25) is 0 Å². The molecule has 1 aromatic carbocycles. The molecule has 0 aliphatic heterocycles. The van der Waals surface area contributed by atoms with Gasteiger partial charge in [0.1, 0.15) is 0 Å². The van der Waals surface area contributed by atoms with Gasteiger partial charge in [-0.25, -0.2) is 13.6 Å². The normalized spacial score (nSPS) is 12.0. The van der Waals surface area contributed by atoms with Gasteiger partial charge in [-0.3, -0.25) is 4.98 Å². The fourth-order valence-corrected chi connectivity index (χ4v) is 2.28. The molecule has 4 nitrogen and oxygen atoms in total. The highest BCUT2D eigenvalue weighted by molar-refractivity contribution is 6.30. The lowest BCUT2D eigenvalue weighted by Crippen LogP contribution is -2.41. The Balaban J connectivity index is 2.26. The van der Waals surface area contributed by atoms with Gasteiger partial charge >= 0.3 is 6.03 Å². The first-order valence-electron chi connectivity index (χ1n) is 6.93. The smallest absolute Gasteiger partial charge is 0.318 e. The Hall–Kier alpha value is -2.21. The van der Waals surface area contributed by atoms with Crippen molar-refractivity contribution in [1.82, 2.24) is 15.2 Å². The molecule has 0 spiro atoms. The first kappa shape index (κ1) is 17.1. The van der Waals surface area contributed by atoms with Crippen LogP contribution in [0.5, 0.6) is 0 Å². The molecule has 0 saturated carbocycles. The molecule has 1 heterocycles. The van der Waals surface area contributed by atoms with E-state index in [4.69, 9.17) is 11.6 Å². The van der Waals surface area contributed by atoms with Crippen molar-refractivity contribution in [2.24, 2.45) is 0 Å². The third-order valence-electron chi connectivity index (χ3n) is 3.19. The van der Waals surface area contributed by atoms with Crippen LogP contribution in [0.1, 0.15) is 17.3 Å². The van der Waals surface area contributed by atoms with E-state index >= 15 is 0 Å². The van der Waals surface area contributed by atoms with Crippen LogP contribution < -0.4 is 5.32 Å². The molecule has 0 aliphatic carbocycles. The van der Waals surface area contributed by atoms with E-state index in [1.807, 2.05) is 0 Å². The molecule has 0 fully saturated rings. The summed E-state index contributed by atoms with van der Waals surface area (Å²) < 4.78 is 24.9. The maximum Gasteiger partial charge on any atom is 0.318 e. The van der Waals surface area contributed by atoms with E-state index in [0.717, 1.165) is 10.5 Å². The Kier molecular flexibility index (Phi) is 5.87. The first-order chi connectivity index (χ1) is 11.0. The van der Waals surface area contributed by atoms with Crippen molar-refractivity contribution >= 4 is 17.6 Å². The second kappa shape index (κ2) is 7.87. The molecule has 2 aromatic rings. The van der Waals surface area contributed by atoms with Crippen molar-refractivity contribution in [1.29, 1.82) is 0 Å². The van der Waals surface area contributed by atoms with Gasteiger partial charge in [-0.15, -0.1) is 0 Å². The number of alkyl halides is 2. The summed E-state index contributed by atoms with van der Waals surface area (Å²) in [6.07, 6.45) is -0.993. The minimum Gasteiger partial charge on any atom is -0.325 e. The molecule has 0 aliphatic rings. The topological polar surface area (TPSA) is 45.2 Å². The number of aromatic nitrogens is 1. The maximum atomic E-state index is 12.4. The number of carbonyl (C=O) groups is 1. The number of nitrogens with zero attached hydrogens (tertiary/aromatic N) is 2. The second-order valence-electron chi connectivity index (χ2n) is 4.96. The third-order valence-corrected chi connectivity index (χ3v) is 3.43. The van der Waals surface area contributed by atoms with Crippen molar-refractivity contribution in [3.05, 3.63) is 64.9 Å². The van der Waals surface area contributed by atoms with Crippen LogP contribution in [0.3, 0.4) is 0 Å². The number of hydrogen-bond acceptors (Lipinski definition) is 2. The van der Waals surface area contributed by atoms with E-state index in [1.54, 1.807) is 48.7 Å². The zero-order valence-electron chi connectivity index (χ0n) is 12.4. The fraction of sp³-hybridized carbons (Fsp3) is 0.250. The number of urea groups is 1. The number of amides is 2. The molecule has 23 heavy (non-hydrogen) atoms. The molecule has 7 heteroatoms. The van der Waals surface area contributed by atoms with Crippen LogP contribution >= 0.6 is 11.6 Å². The largest absolute Gasteiger partial charge is 0.325 e. The van der Waals surface area contributed by atoms with Gasteiger partial charge in [0, 0.05) is 18.3 Å². The summed E-state index contributed by atoms with van der Waals surface area (Å²) in [4.78, 5) is 17.3. The Morgan fingerprint density at radius 1 is 1.30 bits per heavy atom. The van der Waals surface area contributed by atoms with Gasteiger partial charge in [-0.1, -0.05) is 29.8 Å². The highest BCUT2D eigenvalue weighted by Gasteiger charge is 2.21. The average molecular weight is 340 g/mol. The molecule has 1 aromatic heterocycles. The predicted molar refractivity (Wildman–Crippen MR) is 84.7 cm³/mol.